The monoisotopic (exact) mass is 535 g/mol. The lowest BCUT2D eigenvalue weighted by Crippen LogP contribution is -2.21. The predicted octanol–water partition coefficient (Wildman–Crippen LogP) is 7.28. The van der Waals surface area contributed by atoms with E-state index in [1.807, 2.05) is 37.4 Å². The minimum Gasteiger partial charge on any atom is -0.478 e. The fourth-order valence-corrected chi connectivity index (χ4v) is 4.84. The molecule has 4 aromatic rings. The average molecular weight is 536 g/mol. The predicted molar refractivity (Wildman–Crippen MR) is 141 cm³/mol. The van der Waals surface area contributed by atoms with Gasteiger partial charge >= 0.3 is 12.1 Å². The van der Waals surface area contributed by atoms with Crippen molar-refractivity contribution in [2.75, 3.05) is 10.2 Å². The third kappa shape index (κ3) is 4.66. The van der Waals surface area contributed by atoms with Gasteiger partial charge in [0, 0.05) is 22.7 Å². The molecular formula is C28H20F3N3O3S. The molecule has 1 aromatic heterocycles. The lowest BCUT2D eigenvalue weighted by atomic mass is 10.1. The Kier molecular flexibility index (Phi) is 6.28. The molecule has 5 rings (SSSR count). The number of anilines is 3. The van der Waals surface area contributed by atoms with Crippen molar-refractivity contribution in [2.45, 2.75) is 20.0 Å². The molecule has 2 N–H and O–H groups in total. The van der Waals surface area contributed by atoms with Gasteiger partial charge in [0.05, 0.1) is 33.8 Å². The van der Waals surface area contributed by atoms with Crippen LogP contribution in [0.1, 0.15) is 32.6 Å². The Balaban J connectivity index is 1.52. The van der Waals surface area contributed by atoms with Crippen molar-refractivity contribution in [2.24, 2.45) is 0 Å². The highest BCUT2D eigenvalue weighted by Gasteiger charge is 2.38. The van der Waals surface area contributed by atoms with Gasteiger partial charge < -0.3 is 10.4 Å². The summed E-state index contributed by atoms with van der Waals surface area (Å²) in [5.74, 6) is -1.82. The lowest BCUT2D eigenvalue weighted by molar-refractivity contribution is -0.137. The molecule has 0 spiro atoms. The Morgan fingerprint density at radius 2 is 1.84 bits per heavy atom. The Bertz CT molecular complexity index is 1630. The van der Waals surface area contributed by atoms with Crippen molar-refractivity contribution in [3.63, 3.8) is 0 Å². The lowest BCUT2D eigenvalue weighted by Gasteiger charge is -2.19. The Morgan fingerprint density at radius 1 is 1.05 bits per heavy atom. The molecule has 3 aromatic carbocycles. The topological polar surface area (TPSA) is 82.5 Å². The zero-order chi connectivity index (χ0) is 27.2. The number of aromatic nitrogens is 1. The molecule has 6 nitrogen and oxygen atoms in total. The molecule has 192 valence electrons. The molecule has 0 saturated heterocycles. The SMILES string of the molecule is Cc1ccc(-c2csc(N/C=C3/C(=O)N(c4cccc(C(=O)O)c4)c4cc(C(F)(F)F)ccc43)n2)cc1C. The van der Waals surface area contributed by atoms with Gasteiger partial charge in [0.1, 0.15) is 0 Å². The highest BCUT2D eigenvalue weighted by atomic mass is 32.1. The number of halogens is 3. The molecule has 0 saturated carbocycles. The van der Waals surface area contributed by atoms with Crippen LogP contribution in [-0.4, -0.2) is 22.0 Å². The third-order valence-corrected chi connectivity index (χ3v) is 7.06. The first-order valence-corrected chi connectivity index (χ1v) is 12.3. The summed E-state index contributed by atoms with van der Waals surface area (Å²) in [5.41, 5.74) is 3.52. The van der Waals surface area contributed by atoms with E-state index in [1.54, 1.807) is 0 Å². The molecule has 0 radical (unpaired) electrons. The summed E-state index contributed by atoms with van der Waals surface area (Å²) >= 11 is 1.32. The van der Waals surface area contributed by atoms with E-state index in [2.05, 4.69) is 10.3 Å². The van der Waals surface area contributed by atoms with Crippen LogP contribution in [-0.2, 0) is 11.0 Å². The van der Waals surface area contributed by atoms with Gasteiger partial charge in [-0.05, 0) is 61.4 Å². The number of alkyl halides is 3. The number of carboxylic acids is 1. The number of hydrogen-bond donors (Lipinski definition) is 2. The fraction of sp³-hybridized carbons (Fsp3) is 0.107. The zero-order valence-electron chi connectivity index (χ0n) is 20.1. The summed E-state index contributed by atoms with van der Waals surface area (Å²) in [7, 11) is 0. The number of carbonyl (C=O) groups is 2. The van der Waals surface area contributed by atoms with Crippen molar-refractivity contribution in [3.05, 3.63) is 100 Å². The number of aryl methyl sites for hydroxylation is 2. The van der Waals surface area contributed by atoms with Gasteiger partial charge in [-0.1, -0.05) is 24.3 Å². The summed E-state index contributed by atoms with van der Waals surface area (Å²) in [6.45, 7) is 4.04. The molecular weight excluding hydrogens is 515 g/mol. The first-order chi connectivity index (χ1) is 18.0. The minimum absolute atomic E-state index is 0.00960. The second-order valence-electron chi connectivity index (χ2n) is 8.77. The third-order valence-electron chi connectivity index (χ3n) is 6.29. The number of nitrogens with one attached hydrogen (secondary N) is 1. The van der Waals surface area contributed by atoms with E-state index in [0.717, 1.165) is 39.4 Å². The van der Waals surface area contributed by atoms with E-state index in [9.17, 15) is 27.9 Å². The molecule has 0 fully saturated rings. The van der Waals surface area contributed by atoms with Crippen LogP contribution in [0.25, 0.3) is 16.8 Å². The molecule has 0 unspecified atom stereocenters. The van der Waals surface area contributed by atoms with Crippen LogP contribution in [0.15, 0.2) is 72.2 Å². The van der Waals surface area contributed by atoms with Crippen LogP contribution in [0, 0.1) is 13.8 Å². The number of hydrogen-bond acceptors (Lipinski definition) is 5. The summed E-state index contributed by atoms with van der Waals surface area (Å²) in [5, 5.41) is 14.7. The van der Waals surface area contributed by atoms with Gasteiger partial charge in [0.2, 0.25) is 0 Å². The van der Waals surface area contributed by atoms with E-state index in [-0.39, 0.29) is 28.1 Å². The van der Waals surface area contributed by atoms with Crippen LogP contribution in [0.2, 0.25) is 0 Å². The summed E-state index contributed by atoms with van der Waals surface area (Å²) < 4.78 is 40.5. The van der Waals surface area contributed by atoms with Crippen LogP contribution in [0.4, 0.5) is 29.7 Å². The van der Waals surface area contributed by atoms with E-state index in [1.165, 1.54) is 47.9 Å². The van der Waals surface area contributed by atoms with Gasteiger partial charge in [-0.2, -0.15) is 13.2 Å². The molecule has 10 heteroatoms. The van der Waals surface area contributed by atoms with Crippen molar-refractivity contribution in [1.82, 2.24) is 4.98 Å². The van der Waals surface area contributed by atoms with Crippen molar-refractivity contribution < 1.29 is 27.9 Å². The van der Waals surface area contributed by atoms with Crippen molar-refractivity contribution in [3.8, 4) is 11.3 Å². The van der Waals surface area contributed by atoms with Crippen LogP contribution in [0.3, 0.4) is 0 Å². The second-order valence-corrected chi connectivity index (χ2v) is 9.62. The number of nitrogens with zero attached hydrogens (tertiary/aromatic N) is 2. The zero-order valence-corrected chi connectivity index (χ0v) is 20.9. The van der Waals surface area contributed by atoms with Crippen molar-refractivity contribution >= 4 is 45.3 Å². The number of carbonyl (C=O) groups excluding carboxylic acids is 1. The van der Waals surface area contributed by atoms with E-state index in [4.69, 9.17) is 0 Å². The normalized spacial score (nSPS) is 14.2. The molecule has 0 bridgehead atoms. The Hall–Kier alpha value is -4.44. The number of thiazole rings is 1. The maximum Gasteiger partial charge on any atom is 0.416 e. The molecule has 0 atom stereocenters. The molecule has 1 amide bonds. The number of amides is 1. The molecule has 1 aliphatic heterocycles. The van der Waals surface area contributed by atoms with E-state index < -0.39 is 23.6 Å². The number of fused-ring (bicyclic) bond motifs is 1. The molecule has 38 heavy (non-hydrogen) atoms. The van der Waals surface area contributed by atoms with E-state index in [0.29, 0.717) is 5.13 Å². The molecule has 1 aliphatic rings. The second kappa shape index (κ2) is 9.46. The summed E-state index contributed by atoms with van der Waals surface area (Å²) in [6.07, 6.45) is -3.21. The van der Waals surface area contributed by atoms with E-state index >= 15 is 0 Å². The van der Waals surface area contributed by atoms with Crippen molar-refractivity contribution in [1.29, 1.82) is 0 Å². The number of aromatic carboxylic acids is 1. The maximum absolute atomic E-state index is 13.5. The number of rotatable bonds is 5. The highest BCUT2D eigenvalue weighted by molar-refractivity contribution is 7.14. The van der Waals surface area contributed by atoms with Gasteiger partial charge in [-0.25, -0.2) is 9.78 Å². The molecule has 2 heterocycles. The van der Waals surface area contributed by atoms with Gasteiger partial charge in [0.25, 0.3) is 5.91 Å². The minimum atomic E-state index is -4.62. The smallest absolute Gasteiger partial charge is 0.416 e. The van der Waals surface area contributed by atoms with Gasteiger partial charge in [-0.15, -0.1) is 11.3 Å². The van der Waals surface area contributed by atoms with Crippen LogP contribution in [0.5, 0.6) is 0 Å². The first-order valence-electron chi connectivity index (χ1n) is 11.4. The average Bonchev–Trinajstić information content (AvgIpc) is 3.45. The largest absolute Gasteiger partial charge is 0.478 e. The van der Waals surface area contributed by atoms with Crippen LogP contribution < -0.4 is 10.2 Å². The highest BCUT2D eigenvalue weighted by Crippen LogP contribution is 2.44. The Labute approximate surface area is 219 Å². The van der Waals surface area contributed by atoms with Crippen LogP contribution >= 0.6 is 11.3 Å². The number of benzene rings is 3. The fourth-order valence-electron chi connectivity index (χ4n) is 4.15. The number of carboxylic acid groups (broad SMARTS) is 1. The summed E-state index contributed by atoms with van der Waals surface area (Å²) in [6, 6.07) is 14.6. The van der Waals surface area contributed by atoms with Gasteiger partial charge in [0.15, 0.2) is 5.13 Å². The molecule has 0 aliphatic carbocycles. The quantitative estimate of drug-likeness (QED) is 0.263. The maximum atomic E-state index is 13.5. The van der Waals surface area contributed by atoms with Gasteiger partial charge in [-0.3, -0.25) is 9.69 Å². The Morgan fingerprint density at radius 3 is 2.55 bits per heavy atom. The standard InChI is InChI=1S/C28H20F3N3O3S/c1-15-6-7-17(10-16(15)2)23-14-38-27(33-23)32-13-22-21-9-8-19(28(29,30)31)12-24(21)34(25(22)35)20-5-3-4-18(11-20)26(36)37/h3-14H,1-2H3,(H,32,33)(H,36,37)/b22-13+. The first kappa shape index (κ1) is 25.2. The summed E-state index contributed by atoms with van der Waals surface area (Å²) in [4.78, 5) is 30.6.